The van der Waals surface area contributed by atoms with Crippen molar-refractivity contribution in [1.29, 1.82) is 0 Å². The summed E-state index contributed by atoms with van der Waals surface area (Å²) in [5.41, 5.74) is 1.47. The number of hydrogen-bond donors (Lipinski definition) is 1. The van der Waals surface area contributed by atoms with Gasteiger partial charge < -0.3 is 24.8 Å². The molecule has 0 radical (unpaired) electrons. The van der Waals surface area contributed by atoms with Gasteiger partial charge in [-0.1, -0.05) is 0 Å². The summed E-state index contributed by atoms with van der Waals surface area (Å²) in [6, 6.07) is 0. The molecule has 0 fully saturated rings. The van der Waals surface area contributed by atoms with Crippen molar-refractivity contribution in [3.63, 3.8) is 0 Å². The summed E-state index contributed by atoms with van der Waals surface area (Å²) in [7, 11) is 0. The number of aliphatic hydroxyl groups excluding tert-OH is 1. The molecule has 0 unspecified atom stereocenters. The van der Waals surface area contributed by atoms with E-state index < -0.39 is 0 Å². The van der Waals surface area contributed by atoms with Crippen molar-refractivity contribution in [3.8, 4) is 0 Å². The Kier molecular flexibility index (Phi) is 10.9. The first kappa shape index (κ1) is 15.4. The zero-order chi connectivity index (χ0) is 7.40. The maximum absolute atomic E-state index is 8.57. The Hall–Kier alpha value is 0.903. The van der Waals surface area contributed by atoms with E-state index in [0.29, 0.717) is 6.61 Å². The molecule has 1 N–H and O–H groups in total. The van der Waals surface area contributed by atoms with Gasteiger partial charge in [-0.3, -0.25) is 0 Å². The number of aliphatic hydroxyl groups is 1. The number of allylic oxidation sites excluding steroid dienone is 4. The molecule has 0 aromatic carbocycles. The number of rotatable bonds is 3. The molecule has 1 aliphatic rings. The normalized spacial score (nSPS) is 14.2. The van der Waals surface area contributed by atoms with Gasteiger partial charge in [0, 0.05) is 0 Å². The van der Waals surface area contributed by atoms with Crippen LogP contribution in [0.1, 0.15) is 19.3 Å². The number of halogens is 2. The topological polar surface area (TPSA) is 20.2 Å². The third-order valence-electron chi connectivity index (χ3n) is 1.63. The fourth-order valence-electron chi connectivity index (χ4n) is 1.05. The first-order valence-corrected chi connectivity index (χ1v) is 4.78. The largest absolute Gasteiger partial charge is 1.00 e. The van der Waals surface area contributed by atoms with Crippen LogP contribution in [0.2, 0.25) is 0 Å². The molecule has 1 rings (SSSR count). The van der Waals surface area contributed by atoms with Gasteiger partial charge in [-0.15, -0.1) is 0 Å². The van der Waals surface area contributed by atoms with Crippen molar-refractivity contribution in [2.45, 2.75) is 19.3 Å². The Morgan fingerprint density at radius 2 is 2.08 bits per heavy atom. The molecular weight excluding hydrogens is 274 g/mol. The summed E-state index contributed by atoms with van der Waals surface area (Å²) in [6.45, 7) is 0.320. The van der Waals surface area contributed by atoms with Crippen molar-refractivity contribution < 1.29 is 54.6 Å². The molecule has 0 heterocycles. The predicted molar refractivity (Wildman–Crippen MR) is 37.1 cm³/mol. The maximum Gasteiger partial charge on any atom is -1.00 e. The predicted octanol–water partition coefficient (Wildman–Crippen LogP) is -4.47. The maximum atomic E-state index is 8.57. The summed E-state index contributed by atoms with van der Waals surface area (Å²) in [5, 5.41) is 8.57. The SMILES string of the molecule is OCCCC1=[C]([Zr+2])CC=C1.[Cl-].[Cl-]. The molecule has 0 aromatic heterocycles. The average Bonchev–Trinajstić information content (AvgIpc) is 2.31. The van der Waals surface area contributed by atoms with Gasteiger partial charge >= 0.3 is 76.7 Å². The van der Waals surface area contributed by atoms with E-state index in [0.717, 1.165) is 19.3 Å². The van der Waals surface area contributed by atoms with Crippen LogP contribution in [0.15, 0.2) is 21.0 Å². The molecule has 0 atom stereocenters. The van der Waals surface area contributed by atoms with Crippen LogP contribution in [0.4, 0.5) is 0 Å². The molecule has 1 nitrogen and oxygen atoms in total. The van der Waals surface area contributed by atoms with Crippen LogP contribution >= 0.6 is 0 Å². The van der Waals surface area contributed by atoms with Crippen LogP contribution in [0.25, 0.3) is 0 Å². The van der Waals surface area contributed by atoms with Crippen molar-refractivity contribution in [2.24, 2.45) is 0 Å². The fraction of sp³-hybridized carbons (Fsp3) is 0.500. The molecule has 12 heavy (non-hydrogen) atoms. The zero-order valence-electron chi connectivity index (χ0n) is 6.69. The Morgan fingerprint density at radius 3 is 2.50 bits per heavy atom. The molecular formula is C8H11Cl2OZr. The molecule has 0 spiro atoms. The second-order valence-electron chi connectivity index (χ2n) is 2.44. The third-order valence-corrected chi connectivity index (χ3v) is 2.92. The Labute approximate surface area is 101 Å². The molecule has 4 heteroatoms. The van der Waals surface area contributed by atoms with Gasteiger partial charge in [0.05, 0.1) is 0 Å². The summed E-state index contributed by atoms with van der Waals surface area (Å²) in [4.78, 5) is 0. The van der Waals surface area contributed by atoms with E-state index in [1.54, 1.807) is 3.28 Å². The van der Waals surface area contributed by atoms with Gasteiger partial charge in [0.1, 0.15) is 0 Å². The number of hydrogen-bond acceptors (Lipinski definition) is 1. The standard InChI is InChI=1S/C8H11O.2ClH.Zr/c9-7-3-6-8-4-1-2-5-8;;;/h1,4,9H,2-3,6-7H2;2*1H;/q;;;+2/p-2. The smallest absolute Gasteiger partial charge is 1.00 e. The second kappa shape index (κ2) is 8.50. The molecule has 67 valence electrons. The minimum absolute atomic E-state index is 0. The Morgan fingerprint density at radius 1 is 1.42 bits per heavy atom. The van der Waals surface area contributed by atoms with E-state index in [2.05, 4.69) is 12.2 Å². The first-order valence-electron chi connectivity index (χ1n) is 3.55. The average molecular weight is 285 g/mol. The van der Waals surface area contributed by atoms with Crippen molar-refractivity contribution in [3.05, 3.63) is 21.0 Å². The van der Waals surface area contributed by atoms with E-state index in [4.69, 9.17) is 5.11 Å². The van der Waals surface area contributed by atoms with Gasteiger partial charge in [0.2, 0.25) is 0 Å². The quantitative estimate of drug-likeness (QED) is 0.554. The Bertz CT molecular complexity index is 178. The van der Waals surface area contributed by atoms with Crippen LogP contribution in [0.5, 0.6) is 0 Å². The molecule has 0 amide bonds. The van der Waals surface area contributed by atoms with Crippen LogP contribution in [0, 0.1) is 0 Å². The summed E-state index contributed by atoms with van der Waals surface area (Å²) < 4.78 is 1.56. The van der Waals surface area contributed by atoms with E-state index in [-0.39, 0.29) is 24.8 Å². The molecule has 1 aliphatic carbocycles. The minimum atomic E-state index is 0. The van der Waals surface area contributed by atoms with Gasteiger partial charge in [-0.05, 0) is 0 Å². The van der Waals surface area contributed by atoms with Gasteiger partial charge in [-0.2, -0.15) is 0 Å². The van der Waals surface area contributed by atoms with Crippen LogP contribution < -0.4 is 24.8 Å². The van der Waals surface area contributed by atoms with E-state index in [1.807, 2.05) is 0 Å². The monoisotopic (exact) mass is 283 g/mol. The summed E-state index contributed by atoms with van der Waals surface area (Å²) >= 11 is 1.53. The molecule has 0 saturated heterocycles. The van der Waals surface area contributed by atoms with Crippen LogP contribution in [-0.4, -0.2) is 11.7 Å². The van der Waals surface area contributed by atoms with Gasteiger partial charge in [0.15, 0.2) is 0 Å². The van der Waals surface area contributed by atoms with Crippen LogP contribution in [-0.2, 0) is 24.7 Å². The van der Waals surface area contributed by atoms with Crippen molar-refractivity contribution in [2.75, 3.05) is 6.61 Å². The van der Waals surface area contributed by atoms with E-state index >= 15 is 0 Å². The van der Waals surface area contributed by atoms with Gasteiger partial charge in [0.25, 0.3) is 0 Å². The minimum Gasteiger partial charge on any atom is -1.00 e. The van der Waals surface area contributed by atoms with Gasteiger partial charge in [-0.25, -0.2) is 0 Å². The zero-order valence-corrected chi connectivity index (χ0v) is 10.7. The fourth-order valence-corrected chi connectivity index (χ4v) is 1.86. The molecule has 0 saturated carbocycles. The van der Waals surface area contributed by atoms with Crippen molar-refractivity contribution in [1.82, 2.24) is 0 Å². The van der Waals surface area contributed by atoms with E-state index in [9.17, 15) is 0 Å². The summed E-state index contributed by atoms with van der Waals surface area (Å²) in [6.07, 6.45) is 7.53. The molecule has 0 bridgehead atoms. The molecule has 0 aliphatic heterocycles. The Balaban J connectivity index is 0. The third kappa shape index (κ3) is 4.81. The summed E-state index contributed by atoms with van der Waals surface area (Å²) in [5.74, 6) is 0. The molecule has 0 aromatic rings. The second-order valence-corrected chi connectivity index (χ2v) is 3.92. The van der Waals surface area contributed by atoms with Crippen LogP contribution in [0.3, 0.4) is 0 Å². The first-order chi connectivity index (χ1) is 4.84. The van der Waals surface area contributed by atoms with Crippen molar-refractivity contribution >= 4 is 0 Å². The van der Waals surface area contributed by atoms with E-state index in [1.165, 1.54) is 30.3 Å².